The third-order valence-electron chi connectivity index (χ3n) is 4.47. The fraction of sp³-hybridized carbons (Fsp3) is 0.667. The van der Waals surface area contributed by atoms with E-state index in [1.165, 1.54) is 24.8 Å². The Morgan fingerprint density at radius 2 is 1.85 bits per heavy atom. The Hall–Kier alpha value is -0.860. The van der Waals surface area contributed by atoms with Crippen molar-refractivity contribution >= 4 is 0 Å². The highest BCUT2D eigenvalue weighted by Gasteiger charge is 2.23. The van der Waals surface area contributed by atoms with Crippen LogP contribution in [0.3, 0.4) is 0 Å². The maximum atomic E-state index is 5.42. The van der Waals surface area contributed by atoms with Crippen molar-refractivity contribution in [1.29, 1.82) is 0 Å². The fourth-order valence-corrected chi connectivity index (χ4v) is 3.16. The largest absolute Gasteiger partial charge is 0.381 e. The monoisotopic (exact) mass is 275 g/mol. The highest BCUT2D eigenvalue weighted by Crippen LogP contribution is 2.28. The van der Waals surface area contributed by atoms with Crippen molar-refractivity contribution in [2.75, 3.05) is 19.8 Å². The molecule has 0 aliphatic carbocycles. The van der Waals surface area contributed by atoms with Crippen LogP contribution in [0.5, 0.6) is 0 Å². The molecule has 2 heteroatoms. The van der Waals surface area contributed by atoms with Gasteiger partial charge in [-0.25, -0.2) is 0 Å². The lowest BCUT2D eigenvalue weighted by atomic mass is 9.79. The van der Waals surface area contributed by atoms with Gasteiger partial charge < -0.3 is 10.1 Å². The molecule has 1 aromatic carbocycles. The minimum absolute atomic E-state index is 0.226. The molecule has 1 fully saturated rings. The molecule has 1 unspecified atom stereocenters. The van der Waals surface area contributed by atoms with Crippen LogP contribution < -0.4 is 5.32 Å². The Balaban J connectivity index is 1.79. The lowest BCUT2D eigenvalue weighted by Gasteiger charge is -2.31. The molecule has 0 spiro atoms. The fourth-order valence-electron chi connectivity index (χ4n) is 3.16. The molecule has 1 heterocycles. The van der Waals surface area contributed by atoms with Crippen LogP contribution in [-0.4, -0.2) is 25.8 Å². The first-order valence-electron chi connectivity index (χ1n) is 7.94. The smallest absolute Gasteiger partial charge is 0.0469 e. The van der Waals surface area contributed by atoms with E-state index >= 15 is 0 Å². The summed E-state index contributed by atoms with van der Waals surface area (Å²) in [7, 11) is 0. The summed E-state index contributed by atoms with van der Waals surface area (Å²) < 4.78 is 5.42. The summed E-state index contributed by atoms with van der Waals surface area (Å²) in [6.07, 6.45) is 3.59. The van der Waals surface area contributed by atoms with Crippen LogP contribution in [0.15, 0.2) is 30.3 Å². The normalized spacial score (nSPS) is 18.9. The molecule has 1 aliphatic heterocycles. The second-order valence-corrected chi connectivity index (χ2v) is 6.82. The number of hydrogen-bond acceptors (Lipinski definition) is 2. The maximum Gasteiger partial charge on any atom is 0.0469 e. The number of benzene rings is 1. The summed E-state index contributed by atoms with van der Waals surface area (Å²) in [6, 6.07) is 11.4. The Kier molecular flexibility index (Phi) is 5.62. The van der Waals surface area contributed by atoms with Gasteiger partial charge in [-0.05, 0) is 49.6 Å². The van der Waals surface area contributed by atoms with Crippen LogP contribution in [0.1, 0.15) is 45.6 Å². The van der Waals surface area contributed by atoms with Crippen molar-refractivity contribution in [1.82, 2.24) is 5.32 Å². The highest BCUT2D eigenvalue weighted by atomic mass is 16.5. The predicted octanol–water partition coefficient (Wildman–Crippen LogP) is 3.76. The lowest BCUT2D eigenvalue weighted by Crippen LogP contribution is -2.37. The van der Waals surface area contributed by atoms with E-state index in [9.17, 15) is 0 Å². The SMILES string of the molecule is CC(CC(C)(C)c1ccccc1)NCC1CCOCC1. The predicted molar refractivity (Wildman–Crippen MR) is 85.1 cm³/mol. The van der Waals surface area contributed by atoms with E-state index < -0.39 is 0 Å². The van der Waals surface area contributed by atoms with Crippen LogP contribution in [0, 0.1) is 5.92 Å². The standard InChI is InChI=1S/C18H29NO/c1-15(19-14-16-9-11-20-12-10-16)13-18(2,3)17-7-5-4-6-8-17/h4-8,15-16,19H,9-14H2,1-3H3. The van der Waals surface area contributed by atoms with Gasteiger partial charge >= 0.3 is 0 Å². The van der Waals surface area contributed by atoms with E-state index in [0.29, 0.717) is 6.04 Å². The molecule has 0 radical (unpaired) electrons. The van der Waals surface area contributed by atoms with Gasteiger partial charge in [0.1, 0.15) is 0 Å². The Morgan fingerprint density at radius 3 is 2.50 bits per heavy atom. The quantitative estimate of drug-likeness (QED) is 0.853. The van der Waals surface area contributed by atoms with Gasteiger partial charge in [-0.1, -0.05) is 44.2 Å². The first kappa shape index (κ1) is 15.5. The Bertz CT molecular complexity index is 382. The van der Waals surface area contributed by atoms with Crippen molar-refractivity contribution in [3.05, 3.63) is 35.9 Å². The number of hydrogen-bond donors (Lipinski definition) is 1. The molecular formula is C18H29NO. The molecule has 0 bridgehead atoms. The number of rotatable bonds is 6. The zero-order valence-corrected chi connectivity index (χ0v) is 13.2. The van der Waals surface area contributed by atoms with Gasteiger partial charge in [-0.2, -0.15) is 0 Å². The molecular weight excluding hydrogens is 246 g/mol. The summed E-state index contributed by atoms with van der Waals surface area (Å²) in [5.74, 6) is 0.797. The molecule has 1 saturated heterocycles. The number of ether oxygens (including phenoxy) is 1. The zero-order valence-electron chi connectivity index (χ0n) is 13.2. The molecule has 1 aliphatic rings. The van der Waals surface area contributed by atoms with E-state index in [0.717, 1.165) is 25.7 Å². The van der Waals surface area contributed by atoms with Crippen LogP contribution >= 0.6 is 0 Å². The van der Waals surface area contributed by atoms with E-state index in [1.54, 1.807) is 0 Å². The van der Waals surface area contributed by atoms with Gasteiger partial charge in [0.2, 0.25) is 0 Å². The van der Waals surface area contributed by atoms with E-state index in [1.807, 2.05) is 0 Å². The van der Waals surface area contributed by atoms with Crippen molar-refractivity contribution in [2.45, 2.75) is 51.5 Å². The third-order valence-corrected chi connectivity index (χ3v) is 4.47. The summed E-state index contributed by atoms with van der Waals surface area (Å²) in [4.78, 5) is 0. The molecule has 0 aromatic heterocycles. The molecule has 112 valence electrons. The van der Waals surface area contributed by atoms with E-state index in [4.69, 9.17) is 4.74 Å². The number of nitrogens with one attached hydrogen (secondary N) is 1. The Morgan fingerprint density at radius 1 is 1.20 bits per heavy atom. The van der Waals surface area contributed by atoms with Crippen LogP contribution in [0.2, 0.25) is 0 Å². The van der Waals surface area contributed by atoms with Crippen LogP contribution in [0.4, 0.5) is 0 Å². The van der Waals surface area contributed by atoms with Crippen molar-refractivity contribution in [2.24, 2.45) is 5.92 Å². The molecule has 2 nitrogen and oxygen atoms in total. The lowest BCUT2D eigenvalue weighted by molar-refractivity contribution is 0.0653. The van der Waals surface area contributed by atoms with Gasteiger partial charge in [-0.3, -0.25) is 0 Å². The molecule has 2 rings (SSSR count). The second kappa shape index (κ2) is 7.24. The van der Waals surface area contributed by atoms with Gasteiger partial charge in [0.25, 0.3) is 0 Å². The maximum absolute atomic E-state index is 5.42. The van der Waals surface area contributed by atoms with Crippen molar-refractivity contribution in [3.8, 4) is 0 Å². The third kappa shape index (κ3) is 4.60. The van der Waals surface area contributed by atoms with Crippen molar-refractivity contribution in [3.63, 3.8) is 0 Å². The van der Waals surface area contributed by atoms with Crippen LogP contribution in [0.25, 0.3) is 0 Å². The molecule has 1 N–H and O–H groups in total. The summed E-state index contributed by atoms with van der Waals surface area (Å²) in [6.45, 7) is 10.0. The summed E-state index contributed by atoms with van der Waals surface area (Å²) in [5.41, 5.74) is 1.66. The van der Waals surface area contributed by atoms with E-state index in [2.05, 4.69) is 56.4 Å². The second-order valence-electron chi connectivity index (χ2n) is 6.82. The molecule has 20 heavy (non-hydrogen) atoms. The van der Waals surface area contributed by atoms with Crippen molar-refractivity contribution < 1.29 is 4.74 Å². The Labute approximate surface area is 123 Å². The average Bonchev–Trinajstić information content (AvgIpc) is 2.47. The highest BCUT2D eigenvalue weighted by molar-refractivity contribution is 5.23. The van der Waals surface area contributed by atoms with E-state index in [-0.39, 0.29) is 5.41 Å². The van der Waals surface area contributed by atoms with Crippen LogP contribution in [-0.2, 0) is 10.2 Å². The zero-order chi connectivity index (χ0) is 14.4. The molecule has 0 saturated carbocycles. The van der Waals surface area contributed by atoms with Gasteiger partial charge in [0, 0.05) is 19.3 Å². The van der Waals surface area contributed by atoms with Gasteiger partial charge in [0.15, 0.2) is 0 Å². The average molecular weight is 275 g/mol. The summed E-state index contributed by atoms with van der Waals surface area (Å²) >= 11 is 0. The first-order chi connectivity index (χ1) is 9.58. The van der Waals surface area contributed by atoms with Gasteiger partial charge in [-0.15, -0.1) is 0 Å². The summed E-state index contributed by atoms with van der Waals surface area (Å²) in [5, 5.41) is 3.72. The topological polar surface area (TPSA) is 21.3 Å². The molecule has 1 atom stereocenters. The molecule has 0 amide bonds. The minimum Gasteiger partial charge on any atom is -0.381 e. The first-order valence-corrected chi connectivity index (χ1v) is 7.94. The minimum atomic E-state index is 0.226. The van der Waals surface area contributed by atoms with Gasteiger partial charge in [0.05, 0.1) is 0 Å². The molecule has 1 aromatic rings.